The molecule has 0 radical (unpaired) electrons. The zero-order valence-electron chi connectivity index (χ0n) is 11.2. The maximum absolute atomic E-state index is 6.11. The van der Waals surface area contributed by atoms with E-state index in [2.05, 4.69) is 9.97 Å². The molecule has 0 saturated carbocycles. The predicted molar refractivity (Wildman–Crippen MR) is 77.6 cm³/mol. The molecule has 1 heterocycles. The Labute approximate surface area is 117 Å². The van der Waals surface area contributed by atoms with Gasteiger partial charge in [-0.3, -0.25) is 0 Å². The van der Waals surface area contributed by atoms with Crippen LogP contribution in [0.1, 0.15) is 18.2 Å². The molecule has 5 heteroatoms. The average Bonchev–Trinajstić information content (AvgIpc) is 2.41. The number of anilines is 1. The van der Waals surface area contributed by atoms with E-state index in [9.17, 15) is 0 Å². The summed E-state index contributed by atoms with van der Waals surface area (Å²) < 4.78 is 5.13. The van der Waals surface area contributed by atoms with Gasteiger partial charge in [-0.05, 0) is 31.5 Å². The molecule has 4 nitrogen and oxygen atoms in total. The largest absolute Gasteiger partial charge is 0.495 e. The monoisotopic (exact) mass is 277 g/mol. The van der Waals surface area contributed by atoms with E-state index in [0.29, 0.717) is 22.4 Å². The molecular weight excluding hydrogens is 262 g/mol. The number of methoxy groups -OCH3 is 1. The molecule has 19 heavy (non-hydrogen) atoms. The van der Waals surface area contributed by atoms with E-state index in [4.69, 9.17) is 22.1 Å². The van der Waals surface area contributed by atoms with Crippen LogP contribution in [0.3, 0.4) is 0 Å². The molecule has 0 aliphatic carbocycles. The van der Waals surface area contributed by atoms with Gasteiger partial charge in [0.05, 0.1) is 12.1 Å². The number of nitrogens with zero attached hydrogens (tertiary/aromatic N) is 2. The third-order valence-corrected chi connectivity index (χ3v) is 3.32. The van der Waals surface area contributed by atoms with Crippen molar-refractivity contribution in [3.8, 4) is 17.1 Å². The van der Waals surface area contributed by atoms with Gasteiger partial charge in [0, 0.05) is 16.8 Å². The highest BCUT2D eigenvalue weighted by Gasteiger charge is 2.10. The van der Waals surface area contributed by atoms with Crippen LogP contribution in [0.15, 0.2) is 18.2 Å². The van der Waals surface area contributed by atoms with E-state index in [1.807, 2.05) is 19.9 Å². The molecule has 0 atom stereocenters. The lowest BCUT2D eigenvalue weighted by Gasteiger charge is -2.10. The van der Waals surface area contributed by atoms with E-state index in [-0.39, 0.29) is 0 Å². The molecule has 0 unspecified atom stereocenters. The standard InChI is InChI=1S/C14H16ClN3O/c1-4-11-8(2)13(16)18-14(17-11)9-5-6-12(19-3)10(15)7-9/h5-7H,4H2,1-3H3,(H2,16,17,18). The summed E-state index contributed by atoms with van der Waals surface area (Å²) >= 11 is 6.11. The maximum Gasteiger partial charge on any atom is 0.161 e. The number of rotatable bonds is 3. The molecule has 0 spiro atoms. The molecule has 0 aliphatic heterocycles. The molecule has 2 aromatic rings. The van der Waals surface area contributed by atoms with Gasteiger partial charge >= 0.3 is 0 Å². The van der Waals surface area contributed by atoms with Gasteiger partial charge in [0.1, 0.15) is 11.6 Å². The highest BCUT2D eigenvalue weighted by atomic mass is 35.5. The third-order valence-electron chi connectivity index (χ3n) is 3.03. The van der Waals surface area contributed by atoms with Crippen molar-refractivity contribution in [1.82, 2.24) is 9.97 Å². The predicted octanol–water partition coefficient (Wildman–Crippen LogP) is 3.26. The van der Waals surface area contributed by atoms with E-state index in [1.54, 1.807) is 19.2 Å². The molecule has 2 rings (SSSR count). The molecule has 0 bridgehead atoms. The van der Waals surface area contributed by atoms with E-state index in [1.165, 1.54) is 0 Å². The van der Waals surface area contributed by atoms with Crippen molar-refractivity contribution in [3.05, 3.63) is 34.5 Å². The van der Waals surface area contributed by atoms with Crippen LogP contribution < -0.4 is 10.5 Å². The van der Waals surface area contributed by atoms with Crippen LogP contribution >= 0.6 is 11.6 Å². The molecule has 0 aliphatic rings. The Kier molecular flexibility index (Phi) is 3.90. The van der Waals surface area contributed by atoms with Gasteiger partial charge in [-0.2, -0.15) is 0 Å². The van der Waals surface area contributed by atoms with Crippen LogP contribution in [0.5, 0.6) is 5.75 Å². The van der Waals surface area contributed by atoms with E-state index < -0.39 is 0 Å². The summed E-state index contributed by atoms with van der Waals surface area (Å²) in [6.07, 6.45) is 0.815. The van der Waals surface area contributed by atoms with Crippen molar-refractivity contribution < 1.29 is 4.74 Å². The Balaban J connectivity index is 2.53. The molecule has 2 N–H and O–H groups in total. The molecule has 1 aromatic carbocycles. The lowest BCUT2D eigenvalue weighted by atomic mass is 10.1. The Morgan fingerprint density at radius 1 is 1.32 bits per heavy atom. The first-order valence-corrected chi connectivity index (χ1v) is 6.41. The summed E-state index contributed by atoms with van der Waals surface area (Å²) in [7, 11) is 1.58. The van der Waals surface area contributed by atoms with Gasteiger partial charge in [0.25, 0.3) is 0 Å². The highest BCUT2D eigenvalue weighted by Crippen LogP contribution is 2.29. The Bertz CT molecular complexity index is 614. The van der Waals surface area contributed by atoms with Crippen LogP contribution in [0.4, 0.5) is 5.82 Å². The van der Waals surface area contributed by atoms with Crippen LogP contribution in [0, 0.1) is 6.92 Å². The van der Waals surface area contributed by atoms with Gasteiger partial charge in [0.2, 0.25) is 0 Å². The van der Waals surface area contributed by atoms with Crippen molar-refractivity contribution >= 4 is 17.4 Å². The quantitative estimate of drug-likeness (QED) is 0.935. The van der Waals surface area contributed by atoms with Crippen LogP contribution in [-0.2, 0) is 6.42 Å². The molecular formula is C14H16ClN3O. The van der Waals surface area contributed by atoms with Gasteiger partial charge in [0.15, 0.2) is 5.82 Å². The van der Waals surface area contributed by atoms with Gasteiger partial charge in [-0.1, -0.05) is 18.5 Å². The Morgan fingerprint density at radius 2 is 2.05 bits per heavy atom. The number of aromatic nitrogens is 2. The fraction of sp³-hybridized carbons (Fsp3) is 0.286. The lowest BCUT2D eigenvalue weighted by molar-refractivity contribution is 0.415. The highest BCUT2D eigenvalue weighted by molar-refractivity contribution is 6.32. The minimum absolute atomic E-state index is 0.508. The van der Waals surface area contributed by atoms with Crippen molar-refractivity contribution in [3.63, 3.8) is 0 Å². The first kappa shape index (κ1) is 13.6. The molecule has 0 saturated heterocycles. The fourth-order valence-corrected chi connectivity index (χ4v) is 2.12. The minimum atomic E-state index is 0.508. The van der Waals surface area contributed by atoms with Crippen molar-refractivity contribution in [2.24, 2.45) is 0 Å². The second kappa shape index (κ2) is 5.45. The molecule has 100 valence electrons. The maximum atomic E-state index is 6.11. The summed E-state index contributed by atoms with van der Waals surface area (Å²) in [4.78, 5) is 8.84. The summed E-state index contributed by atoms with van der Waals surface area (Å²) in [5.41, 5.74) is 8.63. The smallest absolute Gasteiger partial charge is 0.161 e. The van der Waals surface area contributed by atoms with Gasteiger partial charge in [-0.15, -0.1) is 0 Å². The summed E-state index contributed by atoms with van der Waals surface area (Å²) in [6.45, 7) is 3.97. The molecule has 0 amide bonds. The Hall–Kier alpha value is -1.81. The average molecular weight is 278 g/mol. The zero-order valence-corrected chi connectivity index (χ0v) is 12.0. The Morgan fingerprint density at radius 3 is 2.63 bits per heavy atom. The fourth-order valence-electron chi connectivity index (χ4n) is 1.86. The summed E-state index contributed by atoms with van der Waals surface area (Å²) in [5.74, 6) is 1.72. The number of ether oxygens (including phenoxy) is 1. The van der Waals surface area contributed by atoms with E-state index in [0.717, 1.165) is 23.2 Å². The number of halogens is 1. The number of hydrogen-bond acceptors (Lipinski definition) is 4. The number of hydrogen-bond donors (Lipinski definition) is 1. The van der Waals surface area contributed by atoms with Crippen molar-refractivity contribution in [2.75, 3.05) is 12.8 Å². The van der Waals surface area contributed by atoms with Crippen LogP contribution in [-0.4, -0.2) is 17.1 Å². The second-order valence-electron chi connectivity index (χ2n) is 4.21. The van der Waals surface area contributed by atoms with Crippen molar-refractivity contribution in [2.45, 2.75) is 20.3 Å². The van der Waals surface area contributed by atoms with Crippen LogP contribution in [0.2, 0.25) is 5.02 Å². The summed E-state index contributed by atoms with van der Waals surface area (Å²) in [5, 5.41) is 0.529. The lowest BCUT2D eigenvalue weighted by Crippen LogP contribution is -2.04. The number of nitrogen functional groups attached to an aromatic ring is 1. The van der Waals surface area contributed by atoms with Gasteiger partial charge in [-0.25, -0.2) is 9.97 Å². The summed E-state index contributed by atoms with van der Waals surface area (Å²) in [6, 6.07) is 5.45. The first-order chi connectivity index (χ1) is 9.06. The molecule has 1 aromatic heterocycles. The SMILES string of the molecule is CCc1nc(-c2ccc(OC)c(Cl)c2)nc(N)c1C. The number of aryl methyl sites for hydroxylation is 1. The molecule has 0 fully saturated rings. The van der Waals surface area contributed by atoms with Crippen LogP contribution in [0.25, 0.3) is 11.4 Å². The van der Waals surface area contributed by atoms with Gasteiger partial charge < -0.3 is 10.5 Å². The topological polar surface area (TPSA) is 61.0 Å². The van der Waals surface area contributed by atoms with E-state index >= 15 is 0 Å². The number of nitrogens with two attached hydrogens (primary N) is 1. The van der Waals surface area contributed by atoms with Crippen molar-refractivity contribution in [1.29, 1.82) is 0 Å². The number of benzene rings is 1. The normalized spacial score (nSPS) is 10.5. The zero-order chi connectivity index (χ0) is 14.0. The second-order valence-corrected chi connectivity index (χ2v) is 4.61. The third kappa shape index (κ3) is 2.63. The first-order valence-electron chi connectivity index (χ1n) is 6.03. The minimum Gasteiger partial charge on any atom is -0.495 e.